The van der Waals surface area contributed by atoms with Gasteiger partial charge in [-0.2, -0.15) is 5.10 Å². The van der Waals surface area contributed by atoms with Crippen molar-refractivity contribution in [2.24, 2.45) is 5.92 Å². The lowest BCUT2D eigenvalue weighted by Gasteiger charge is -2.27. The molecule has 0 bridgehead atoms. The van der Waals surface area contributed by atoms with Gasteiger partial charge in [0.25, 0.3) is 0 Å². The van der Waals surface area contributed by atoms with Gasteiger partial charge in [-0.25, -0.2) is 0 Å². The normalized spacial score (nSPS) is 29.6. The average molecular weight is 277 g/mol. The molecule has 0 aliphatic heterocycles. The summed E-state index contributed by atoms with van der Waals surface area (Å²) in [6.45, 7) is 3.11. The highest BCUT2D eigenvalue weighted by Crippen LogP contribution is 2.34. The molecule has 2 aliphatic rings. The average Bonchev–Trinajstić information content (AvgIpc) is 3.07. The van der Waals surface area contributed by atoms with Crippen LogP contribution in [0.5, 0.6) is 0 Å². The van der Waals surface area contributed by atoms with Crippen LogP contribution in [0.3, 0.4) is 0 Å². The van der Waals surface area contributed by atoms with Crippen molar-refractivity contribution in [3.05, 3.63) is 17.5 Å². The van der Waals surface area contributed by atoms with Gasteiger partial charge in [0.2, 0.25) is 0 Å². The van der Waals surface area contributed by atoms with Crippen molar-refractivity contribution >= 4 is 0 Å². The SMILES string of the molecule is CCC1CCC(NC2CCCc3c2cnn3CCO)C1. The first kappa shape index (κ1) is 14.1. The van der Waals surface area contributed by atoms with Gasteiger partial charge < -0.3 is 10.4 Å². The monoisotopic (exact) mass is 277 g/mol. The summed E-state index contributed by atoms with van der Waals surface area (Å²) >= 11 is 0. The maximum atomic E-state index is 9.12. The number of rotatable bonds is 5. The largest absolute Gasteiger partial charge is 0.394 e. The highest BCUT2D eigenvalue weighted by atomic mass is 16.3. The fraction of sp³-hybridized carbons (Fsp3) is 0.812. The predicted octanol–water partition coefficient (Wildman–Crippen LogP) is 2.42. The number of aliphatic hydroxyl groups is 1. The lowest BCUT2D eigenvalue weighted by atomic mass is 9.92. The molecule has 4 nitrogen and oxygen atoms in total. The summed E-state index contributed by atoms with van der Waals surface area (Å²) in [5, 5.41) is 17.5. The van der Waals surface area contributed by atoms with E-state index in [9.17, 15) is 0 Å². The van der Waals surface area contributed by atoms with E-state index in [1.807, 2.05) is 10.9 Å². The summed E-state index contributed by atoms with van der Waals surface area (Å²) in [6, 6.07) is 1.17. The maximum absolute atomic E-state index is 9.12. The van der Waals surface area contributed by atoms with E-state index in [4.69, 9.17) is 5.11 Å². The summed E-state index contributed by atoms with van der Waals surface area (Å²) in [5.74, 6) is 0.924. The number of nitrogens with one attached hydrogen (secondary N) is 1. The topological polar surface area (TPSA) is 50.1 Å². The first-order valence-electron chi connectivity index (χ1n) is 8.23. The van der Waals surface area contributed by atoms with E-state index in [1.54, 1.807) is 0 Å². The van der Waals surface area contributed by atoms with E-state index in [0.717, 1.165) is 12.3 Å². The Morgan fingerprint density at radius 1 is 1.40 bits per heavy atom. The Kier molecular flexibility index (Phi) is 4.41. The van der Waals surface area contributed by atoms with E-state index in [2.05, 4.69) is 17.3 Å². The molecule has 2 aliphatic carbocycles. The second kappa shape index (κ2) is 6.27. The molecule has 112 valence electrons. The van der Waals surface area contributed by atoms with E-state index in [1.165, 1.54) is 49.8 Å². The highest BCUT2D eigenvalue weighted by molar-refractivity contribution is 5.25. The Morgan fingerprint density at radius 3 is 3.05 bits per heavy atom. The third-order valence-corrected chi connectivity index (χ3v) is 5.13. The van der Waals surface area contributed by atoms with Gasteiger partial charge in [-0.05, 0) is 44.4 Å². The first-order chi connectivity index (χ1) is 9.81. The van der Waals surface area contributed by atoms with Crippen molar-refractivity contribution in [2.75, 3.05) is 6.61 Å². The van der Waals surface area contributed by atoms with Crippen LogP contribution in [0.1, 0.15) is 62.7 Å². The fourth-order valence-corrected chi connectivity index (χ4v) is 3.96. The Labute approximate surface area is 121 Å². The molecule has 1 saturated carbocycles. The molecule has 3 atom stereocenters. The van der Waals surface area contributed by atoms with Crippen molar-refractivity contribution < 1.29 is 5.11 Å². The molecule has 1 aromatic heterocycles. The van der Waals surface area contributed by atoms with Gasteiger partial charge in [0.05, 0.1) is 19.3 Å². The third kappa shape index (κ3) is 2.77. The molecule has 0 amide bonds. The van der Waals surface area contributed by atoms with Gasteiger partial charge in [0.1, 0.15) is 0 Å². The second-order valence-electron chi connectivity index (χ2n) is 6.39. The smallest absolute Gasteiger partial charge is 0.0644 e. The highest BCUT2D eigenvalue weighted by Gasteiger charge is 2.29. The van der Waals surface area contributed by atoms with E-state index in [0.29, 0.717) is 18.6 Å². The molecular weight excluding hydrogens is 250 g/mol. The van der Waals surface area contributed by atoms with E-state index in [-0.39, 0.29) is 6.61 Å². The minimum atomic E-state index is 0.174. The zero-order chi connectivity index (χ0) is 13.9. The van der Waals surface area contributed by atoms with Crippen LogP contribution in [-0.4, -0.2) is 27.5 Å². The van der Waals surface area contributed by atoms with Gasteiger partial charge in [-0.3, -0.25) is 4.68 Å². The van der Waals surface area contributed by atoms with E-state index >= 15 is 0 Å². The molecule has 0 spiro atoms. The maximum Gasteiger partial charge on any atom is 0.0644 e. The van der Waals surface area contributed by atoms with Gasteiger partial charge in [-0.1, -0.05) is 13.3 Å². The van der Waals surface area contributed by atoms with Crippen LogP contribution in [-0.2, 0) is 13.0 Å². The van der Waals surface area contributed by atoms with Gasteiger partial charge in [0, 0.05) is 23.3 Å². The number of aliphatic hydroxyl groups excluding tert-OH is 1. The number of nitrogens with zero attached hydrogens (tertiary/aromatic N) is 2. The van der Waals surface area contributed by atoms with Gasteiger partial charge in [-0.15, -0.1) is 0 Å². The molecule has 1 aromatic rings. The number of fused-ring (bicyclic) bond motifs is 1. The summed E-state index contributed by atoms with van der Waals surface area (Å²) in [6.07, 6.45) is 11.0. The number of hydrogen-bond donors (Lipinski definition) is 2. The molecule has 1 heterocycles. The zero-order valence-electron chi connectivity index (χ0n) is 12.5. The van der Waals surface area contributed by atoms with Crippen molar-refractivity contribution in [2.45, 2.75) is 70.5 Å². The lowest BCUT2D eigenvalue weighted by Crippen LogP contribution is -2.33. The quantitative estimate of drug-likeness (QED) is 0.869. The van der Waals surface area contributed by atoms with Crippen LogP contribution in [0.2, 0.25) is 0 Å². The minimum absolute atomic E-state index is 0.174. The molecule has 2 N–H and O–H groups in total. The van der Waals surface area contributed by atoms with Crippen LogP contribution >= 0.6 is 0 Å². The third-order valence-electron chi connectivity index (χ3n) is 5.13. The van der Waals surface area contributed by atoms with Crippen LogP contribution in [0.4, 0.5) is 0 Å². The molecular formula is C16H27N3O. The molecule has 0 radical (unpaired) electrons. The van der Waals surface area contributed by atoms with Crippen molar-refractivity contribution in [1.29, 1.82) is 0 Å². The summed E-state index contributed by atoms with van der Waals surface area (Å²) in [7, 11) is 0. The number of aromatic nitrogens is 2. The summed E-state index contributed by atoms with van der Waals surface area (Å²) in [5.41, 5.74) is 2.72. The second-order valence-corrected chi connectivity index (χ2v) is 6.39. The Morgan fingerprint density at radius 2 is 2.30 bits per heavy atom. The van der Waals surface area contributed by atoms with Crippen LogP contribution in [0.15, 0.2) is 6.20 Å². The Hall–Kier alpha value is -0.870. The fourth-order valence-electron chi connectivity index (χ4n) is 3.96. The lowest BCUT2D eigenvalue weighted by molar-refractivity contribution is 0.266. The zero-order valence-corrected chi connectivity index (χ0v) is 12.5. The van der Waals surface area contributed by atoms with Crippen molar-refractivity contribution in [3.63, 3.8) is 0 Å². The molecule has 1 fully saturated rings. The van der Waals surface area contributed by atoms with Gasteiger partial charge >= 0.3 is 0 Å². The van der Waals surface area contributed by atoms with E-state index < -0.39 is 0 Å². The minimum Gasteiger partial charge on any atom is -0.394 e. The van der Waals surface area contributed by atoms with Gasteiger partial charge in [0.15, 0.2) is 0 Å². The molecule has 20 heavy (non-hydrogen) atoms. The Bertz CT molecular complexity index is 443. The first-order valence-corrected chi connectivity index (χ1v) is 8.23. The van der Waals surface area contributed by atoms with Crippen molar-refractivity contribution in [1.82, 2.24) is 15.1 Å². The molecule has 0 saturated heterocycles. The molecule has 4 heteroatoms. The molecule has 3 unspecified atom stereocenters. The standard InChI is InChI=1S/C16H27N3O/c1-2-12-6-7-13(10-12)18-15-4-3-5-16-14(15)11-17-19(16)8-9-20/h11-13,15,18,20H,2-10H2,1H3. The van der Waals surface area contributed by atoms with Crippen LogP contribution in [0.25, 0.3) is 0 Å². The van der Waals surface area contributed by atoms with Crippen molar-refractivity contribution in [3.8, 4) is 0 Å². The van der Waals surface area contributed by atoms with Crippen LogP contribution < -0.4 is 5.32 Å². The molecule has 0 aromatic carbocycles. The summed E-state index contributed by atoms with van der Waals surface area (Å²) < 4.78 is 1.99. The Balaban J connectivity index is 1.67. The molecule has 3 rings (SSSR count). The van der Waals surface area contributed by atoms with Crippen LogP contribution in [0, 0.1) is 5.92 Å². The summed E-state index contributed by atoms with van der Waals surface area (Å²) in [4.78, 5) is 0. The number of hydrogen-bond acceptors (Lipinski definition) is 3. The predicted molar refractivity (Wildman–Crippen MR) is 79.5 cm³/mol.